The Bertz CT molecular complexity index is 509. The zero-order chi connectivity index (χ0) is 20.3. The van der Waals surface area contributed by atoms with Crippen LogP contribution in [0.25, 0.3) is 0 Å². The molecule has 0 rings (SSSR count). The number of esters is 3. The monoisotopic (exact) mass is 391 g/mol. The quantitative estimate of drug-likeness (QED) is 0.184. The Morgan fingerprint density at radius 1 is 1.00 bits per heavy atom. The van der Waals surface area contributed by atoms with E-state index < -0.39 is 36.2 Å². The minimum Gasteiger partial charge on any atom is -0.463 e. The summed E-state index contributed by atoms with van der Waals surface area (Å²) in [4.78, 5) is 38.1. The van der Waals surface area contributed by atoms with Gasteiger partial charge in [-0.2, -0.15) is 0 Å². The summed E-state index contributed by atoms with van der Waals surface area (Å²) in [5.74, 6) is -1.57. The molecule has 0 saturated carbocycles. The van der Waals surface area contributed by atoms with E-state index in [1.807, 2.05) is 13.8 Å². The molecule has 0 heterocycles. The van der Waals surface area contributed by atoms with Crippen molar-refractivity contribution in [2.45, 2.75) is 71.7 Å². The number of carbonyl (C=O) groups is 3. The molecule has 0 aromatic heterocycles. The van der Waals surface area contributed by atoms with Gasteiger partial charge >= 0.3 is 17.9 Å². The highest BCUT2D eigenvalue weighted by Gasteiger charge is 2.35. The van der Waals surface area contributed by atoms with Crippen LogP contribution in [0.2, 0.25) is 0 Å². The molecule has 9 heteroatoms. The van der Waals surface area contributed by atoms with Gasteiger partial charge in [-0.15, -0.1) is 0 Å². The van der Waals surface area contributed by atoms with Crippen molar-refractivity contribution in [3.8, 4) is 0 Å². The van der Waals surface area contributed by atoms with E-state index in [4.69, 9.17) is 18.9 Å². The lowest BCUT2D eigenvalue weighted by Gasteiger charge is -2.32. The Labute approximate surface area is 159 Å². The molecule has 0 bridgehead atoms. The van der Waals surface area contributed by atoms with Crippen LogP contribution in [0.1, 0.15) is 48.0 Å². The number of carbonyl (C=O) groups excluding carboxylic acids is 3. The third kappa shape index (κ3) is 10.4. The van der Waals surface area contributed by atoms with Gasteiger partial charge in [0.1, 0.15) is 24.3 Å². The second-order valence-corrected chi connectivity index (χ2v) is 6.89. The third-order valence-electron chi connectivity index (χ3n) is 3.15. The van der Waals surface area contributed by atoms with Crippen LogP contribution in [0.4, 0.5) is 0 Å². The molecular formula is C17H29NO7S. The van der Waals surface area contributed by atoms with Gasteiger partial charge in [-0.25, -0.2) is 0 Å². The van der Waals surface area contributed by atoms with Gasteiger partial charge < -0.3 is 18.9 Å². The van der Waals surface area contributed by atoms with E-state index in [1.165, 1.54) is 32.5 Å². The van der Waals surface area contributed by atoms with Gasteiger partial charge in [0.05, 0.1) is 5.04 Å². The summed E-state index contributed by atoms with van der Waals surface area (Å²) in [6, 6.07) is 0. The standard InChI is InChI=1S/C17H29NO7S/c1-8-16(18-7)26-14(6)25-15(9-22-11(3)19)17(24-13(5)21)10(2)23-12(4)20/h10,14-15,17H,8-9H2,1-7H3/t10-,14?,15-,17+/m1/s1. The first kappa shape index (κ1) is 24.4. The molecule has 0 aromatic carbocycles. The van der Waals surface area contributed by atoms with E-state index in [0.29, 0.717) is 0 Å². The van der Waals surface area contributed by atoms with E-state index in [2.05, 4.69) is 4.99 Å². The fourth-order valence-corrected chi connectivity index (χ4v) is 3.02. The Kier molecular flexibility index (Phi) is 11.9. The van der Waals surface area contributed by atoms with Gasteiger partial charge in [0.15, 0.2) is 6.10 Å². The van der Waals surface area contributed by atoms with Crippen LogP contribution in [-0.2, 0) is 33.3 Å². The van der Waals surface area contributed by atoms with Gasteiger partial charge in [0.25, 0.3) is 0 Å². The molecule has 26 heavy (non-hydrogen) atoms. The smallest absolute Gasteiger partial charge is 0.303 e. The average Bonchev–Trinajstić information content (AvgIpc) is 2.53. The molecule has 0 aliphatic rings. The summed E-state index contributed by atoms with van der Waals surface area (Å²) in [5.41, 5.74) is -0.350. The second-order valence-electron chi connectivity index (χ2n) is 5.52. The topological polar surface area (TPSA) is 100 Å². The molecule has 0 aliphatic carbocycles. The number of hydrogen-bond acceptors (Lipinski definition) is 9. The van der Waals surface area contributed by atoms with Crippen molar-refractivity contribution in [2.75, 3.05) is 13.7 Å². The lowest BCUT2D eigenvalue weighted by Crippen LogP contribution is -2.46. The van der Waals surface area contributed by atoms with Gasteiger partial charge in [-0.05, 0) is 20.3 Å². The summed E-state index contributed by atoms with van der Waals surface area (Å²) in [6.07, 6.45) is -1.77. The van der Waals surface area contributed by atoms with E-state index >= 15 is 0 Å². The van der Waals surface area contributed by atoms with Crippen LogP contribution in [0, 0.1) is 0 Å². The molecule has 4 atom stereocenters. The zero-order valence-corrected chi connectivity index (χ0v) is 17.3. The molecule has 0 fully saturated rings. The van der Waals surface area contributed by atoms with Gasteiger partial charge in [-0.3, -0.25) is 19.4 Å². The third-order valence-corrected chi connectivity index (χ3v) is 4.34. The first-order valence-electron chi connectivity index (χ1n) is 8.36. The fraction of sp³-hybridized carbons (Fsp3) is 0.765. The van der Waals surface area contributed by atoms with Crippen LogP contribution in [0.5, 0.6) is 0 Å². The maximum Gasteiger partial charge on any atom is 0.303 e. The van der Waals surface area contributed by atoms with Crippen molar-refractivity contribution in [3.63, 3.8) is 0 Å². The molecule has 150 valence electrons. The van der Waals surface area contributed by atoms with E-state index in [0.717, 1.165) is 11.5 Å². The summed E-state index contributed by atoms with van der Waals surface area (Å²) >= 11 is 1.41. The number of aliphatic imine (C=N–C) groups is 1. The number of nitrogens with zero attached hydrogens (tertiary/aromatic N) is 1. The molecule has 0 amide bonds. The number of ether oxygens (including phenoxy) is 4. The van der Waals surface area contributed by atoms with Gasteiger partial charge in [0.2, 0.25) is 0 Å². The van der Waals surface area contributed by atoms with E-state index in [1.54, 1.807) is 14.0 Å². The first-order valence-corrected chi connectivity index (χ1v) is 9.24. The fourth-order valence-electron chi connectivity index (χ4n) is 2.17. The summed E-state index contributed by atoms with van der Waals surface area (Å²) in [6.45, 7) is 9.00. The molecule has 0 aliphatic heterocycles. The molecule has 8 nitrogen and oxygen atoms in total. The van der Waals surface area contributed by atoms with Crippen molar-refractivity contribution in [1.82, 2.24) is 0 Å². The van der Waals surface area contributed by atoms with Crippen LogP contribution >= 0.6 is 11.8 Å². The van der Waals surface area contributed by atoms with Crippen molar-refractivity contribution < 1.29 is 33.3 Å². The summed E-state index contributed by atoms with van der Waals surface area (Å²) in [7, 11) is 1.69. The predicted octanol–water partition coefficient (Wildman–Crippen LogP) is 2.34. The molecule has 0 N–H and O–H groups in total. The van der Waals surface area contributed by atoms with E-state index in [-0.39, 0.29) is 12.0 Å². The SMILES string of the molecule is CCC(=NC)SC(C)O[C@H](COC(C)=O)[C@@H](OC(C)=O)[C@@H](C)OC(C)=O. The lowest BCUT2D eigenvalue weighted by atomic mass is 10.1. The highest BCUT2D eigenvalue weighted by molar-refractivity contribution is 8.14. The van der Waals surface area contributed by atoms with Crippen LogP contribution < -0.4 is 0 Å². The molecule has 0 saturated heterocycles. The van der Waals surface area contributed by atoms with Gasteiger partial charge in [-0.1, -0.05) is 18.7 Å². The zero-order valence-electron chi connectivity index (χ0n) is 16.4. The summed E-state index contributed by atoms with van der Waals surface area (Å²) < 4.78 is 21.4. The number of rotatable bonds is 10. The van der Waals surface area contributed by atoms with Crippen LogP contribution in [-0.4, -0.2) is 60.4 Å². The van der Waals surface area contributed by atoms with Crippen LogP contribution in [0.3, 0.4) is 0 Å². The molecular weight excluding hydrogens is 362 g/mol. The molecule has 0 aromatic rings. The first-order chi connectivity index (χ1) is 12.1. The molecule has 1 unspecified atom stereocenters. The Balaban J connectivity index is 5.35. The molecule has 0 radical (unpaired) electrons. The van der Waals surface area contributed by atoms with E-state index in [9.17, 15) is 14.4 Å². The van der Waals surface area contributed by atoms with Crippen molar-refractivity contribution in [1.29, 1.82) is 0 Å². The Morgan fingerprint density at radius 3 is 2.00 bits per heavy atom. The van der Waals surface area contributed by atoms with Crippen molar-refractivity contribution >= 4 is 34.7 Å². The lowest BCUT2D eigenvalue weighted by molar-refractivity contribution is -0.184. The van der Waals surface area contributed by atoms with Crippen molar-refractivity contribution in [2.24, 2.45) is 4.99 Å². The predicted molar refractivity (Wildman–Crippen MR) is 99.0 cm³/mol. The number of hydrogen-bond donors (Lipinski definition) is 0. The average molecular weight is 391 g/mol. The largest absolute Gasteiger partial charge is 0.463 e. The molecule has 0 spiro atoms. The maximum atomic E-state index is 11.5. The van der Waals surface area contributed by atoms with Gasteiger partial charge in [0, 0.05) is 27.8 Å². The highest BCUT2D eigenvalue weighted by Crippen LogP contribution is 2.22. The minimum absolute atomic E-state index is 0.144. The second kappa shape index (κ2) is 12.7. The Morgan fingerprint density at radius 2 is 1.58 bits per heavy atom. The maximum absolute atomic E-state index is 11.5. The van der Waals surface area contributed by atoms with Crippen LogP contribution in [0.15, 0.2) is 4.99 Å². The Hall–Kier alpha value is -1.61. The van der Waals surface area contributed by atoms with Crippen molar-refractivity contribution in [3.05, 3.63) is 0 Å². The number of thioether (sulfide) groups is 1. The summed E-state index contributed by atoms with van der Waals surface area (Å²) in [5, 5.41) is 0.890. The highest BCUT2D eigenvalue weighted by atomic mass is 32.2. The normalized spacial score (nSPS) is 16.2. The minimum atomic E-state index is -0.928.